The molecule has 0 heterocycles. The predicted molar refractivity (Wildman–Crippen MR) is 196 cm³/mol. The van der Waals surface area contributed by atoms with Crippen LogP contribution in [0.15, 0.2) is 163 Å². The second kappa shape index (κ2) is 19.2. The van der Waals surface area contributed by atoms with E-state index in [1.54, 1.807) is 0 Å². The Kier molecular flexibility index (Phi) is 15.3. The van der Waals surface area contributed by atoms with E-state index in [4.69, 9.17) is 0 Å². The van der Waals surface area contributed by atoms with Crippen LogP contribution in [0.3, 0.4) is 0 Å². The van der Waals surface area contributed by atoms with Crippen molar-refractivity contribution >= 4 is 82.3 Å². The number of hydrogen-bond donors (Lipinski definition) is 0. The molecule has 0 bridgehead atoms. The average Bonchev–Trinajstić information content (AvgIpc) is 3.02. The molecule has 0 radical (unpaired) electrons. The molecule has 4 aromatic rings. The smallest absolute Gasteiger partial charge is 0.0276 e. The highest BCUT2D eigenvalue weighted by atomic mass is 32.2. The zero-order valence-electron chi connectivity index (χ0n) is 22.8. The highest BCUT2D eigenvalue weighted by molar-refractivity contribution is 8.07. The summed E-state index contributed by atoms with van der Waals surface area (Å²) in [5.74, 6) is 4.30. The standard InChI is InChI=1S/C34H34S7/c1-3-35-33(23-37-27-11-7-5-8-12-27)25-39-29-15-19-31(20-16-29)41-32-21-17-30(18-22-32)40-26-34(36-4-2)24-38-28-13-9-6-10-14-28/h3-22,33-34H,1-2,23-26H2. The third-order valence-corrected chi connectivity index (χ3v) is 14.1. The minimum Gasteiger partial charge on any atom is -0.130 e. The molecule has 0 amide bonds. The third-order valence-electron chi connectivity index (χ3n) is 5.69. The quantitative estimate of drug-likeness (QED) is 0.0957. The molecular weight excluding hydrogens is 633 g/mol. The topological polar surface area (TPSA) is 0 Å². The minimum atomic E-state index is 0.529. The van der Waals surface area contributed by atoms with Gasteiger partial charge in [-0.2, -0.15) is 0 Å². The lowest BCUT2D eigenvalue weighted by molar-refractivity contribution is 1.15. The lowest BCUT2D eigenvalue weighted by Gasteiger charge is -2.14. The van der Waals surface area contributed by atoms with Crippen LogP contribution in [0.5, 0.6) is 0 Å². The summed E-state index contributed by atoms with van der Waals surface area (Å²) >= 11 is 13.2. The van der Waals surface area contributed by atoms with Crippen molar-refractivity contribution in [1.29, 1.82) is 0 Å². The summed E-state index contributed by atoms with van der Waals surface area (Å²) < 4.78 is 0. The van der Waals surface area contributed by atoms with Crippen molar-refractivity contribution in [3.05, 3.63) is 133 Å². The van der Waals surface area contributed by atoms with Crippen LogP contribution in [0.2, 0.25) is 0 Å². The van der Waals surface area contributed by atoms with Crippen molar-refractivity contribution in [3.8, 4) is 0 Å². The summed E-state index contributed by atoms with van der Waals surface area (Å²) in [4.78, 5) is 7.83. The van der Waals surface area contributed by atoms with Gasteiger partial charge in [-0.25, -0.2) is 0 Å². The maximum Gasteiger partial charge on any atom is 0.0276 e. The molecule has 0 aliphatic heterocycles. The first-order valence-corrected chi connectivity index (χ1v) is 19.9. The van der Waals surface area contributed by atoms with E-state index in [-0.39, 0.29) is 0 Å². The molecular formula is C34H34S7. The molecule has 212 valence electrons. The van der Waals surface area contributed by atoms with Crippen LogP contribution in [-0.2, 0) is 0 Å². The average molecular weight is 667 g/mol. The Bertz CT molecular complexity index is 1190. The maximum absolute atomic E-state index is 3.95. The molecule has 41 heavy (non-hydrogen) atoms. The van der Waals surface area contributed by atoms with Gasteiger partial charge in [-0.15, -0.1) is 70.6 Å². The third kappa shape index (κ3) is 12.5. The van der Waals surface area contributed by atoms with E-state index >= 15 is 0 Å². The van der Waals surface area contributed by atoms with Crippen LogP contribution in [-0.4, -0.2) is 33.5 Å². The van der Waals surface area contributed by atoms with Gasteiger partial charge >= 0.3 is 0 Å². The summed E-state index contributed by atoms with van der Waals surface area (Å²) in [6, 6.07) is 39.3. The van der Waals surface area contributed by atoms with Crippen molar-refractivity contribution in [2.24, 2.45) is 0 Å². The largest absolute Gasteiger partial charge is 0.130 e. The Hall–Kier alpha value is -1.19. The summed E-state index contributed by atoms with van der Waals surface area (Å²) in [5.41, 5.74) is 0. The van der Waals surface area contributed by atoms with E-state index in [1.807, 2.05) is 93.1 Å². The van der Waals surface area contributed by atoms with Crippen LogP contribution < -0.4 is 0 Å². The fourth-order valence-corrected chi connectivity index (χ4v) is 10.7. The summed E-state index contributed by atoms with van der Waals surface area (Å²) in [5, 5.41) is 5.01. The molecule has 4 rings (SSSR count). The Morgan fingerprint density at radius 3 is 1.02 bits per heavy atom. The van der Waals surface area contributed by atoms with Gasteiger partial charge in [0.2, 0.25) is 0 Å². The molecule has 0 saturated heterocycles. The van der Waals surface area contributed by atoms with Gasteiger partial charge < -0.3 is 0 Å². The number of thioether (sulfide) groups is 6. The Morgan fingerprint density at radius 2 is 0.707 bits per heavy atom. The van der Waals surface area contributed by atoms with Crippen LogP contribution in [0.1, 0.15) is 0 Å². The Morgan fingerprint density at radius 1 is 0.415 bits per heavy atom. The van der Waals surface area contributed by atoms with E-state index in [2.05, 4.69) is 122 Å². The molecule has 2 unspecified atom stereocenters. The Labute approximate surface area is 276 Å². The molecule has 0 nitrogen and oxygen atoms in total. The second-order valence-electron chi connectivity index (χ2n) is 8.76. The number of benzene rings is 4. The van der Waals surface area contributed by atoms with Gasteiger partial charge in [0.25, 0.3) is 0 Å². The molecule has 0 aromatic heterocycles. The van der Waals surface area contributed by atoms with Crippen LogP contribution in [0.4, 0.5) is 0 Å². The first-order valence-electron chi connectivity index (χ1n) is 13.2. The van der Waals surface area contributed by atoms with Crippen molar-refractivity contribution in [2.45, 2.75) is 39.9 Å². The van der Waals surface area contributed by atoms with Gasteiger partial charge in [-0.3, -0.25) is 0 Å². The van der Waals surface area contributed by atoms with E-state index in [0.717, 1.165) is 23.0 Å². The zero-order chi connectivity index (χ0) is 28.5. The SMILES string of the molecule is C=CSC(CSc1ccccc1)CSc1ccc(Sc2ccc(SCC(CSc3ccccc3)SC=C)cc2)cc1. The van der Waals surface area contributed by atoms with Crippen LogP contribution in [0, 0.1) is 0 Å². The number of hydrogen-bond acceptors (Lipinski definition) is 7. The highest BCUT2D eigenvalue weighted by Crippen LogP contribution is 2.34. The van der Waals surface area contributed by atoms with Gasteiger partial charge in [0.15, 0.2) is 0 Å². The van der Waals surface area contributed by atoms with Gasteiger partial charge in [-0.05, 0) is 83.6 Å². The molecule has 0 aliphatic carbocycles. The summed E-state index contributed by atoms with van der Waals surface area (Å²) in [6.07, 6.45) is 0. The van der Waals surface area contributed by atoms with Crippen molar-refractivity contribution in [1.82, 2.24) is 0 Å². The molecule has 0 spiro atoms. The zero-order valence-corrected chi connectivity index (χ0v) is 28.5. The molecule has 0 N–H and O–H groups in total. The van der Waals surface area contributed by atoms with Crippen molar-refractivity contribution in [2.75, 3.05) is 23.0 Å². The van der Waals surface area contributed by atoms with Crippen LogP contribution >= 0.6 is 82.3 Å². The molecule has 0 fully saturated rings. The highest BCUT2D eigenvalue weighted by Gasteiger charge is 2.11. The van der Waals surface area contributed by atoms with Gasteiger partial charge in [-0.1, -0.05) is 61.3 Å². The molecule has 4 aromatic carbocycles. The monoisotopic (exact) mass is 666 g/mol. The van der Waals surface area contributed by atoms with Gasteiger partial charge in [0.1, 0.15) is 0 Å². The van der Waals surface area contributed by atoms with Gasteiger partial charge in [0.05, 0.1) is 0 Å². The van der Waals surface area contributed by atoms with Crippen LogP contribution in [0.25, 0.3) is 0 Å². The van der Waals surface area contributed by atoms with E-state index < -0.39 is 0 Å². The van der Waals surface area contributed by atoms with Crippen molar-refractivity contribution in [3.63, 3.8) is 0 Å². The lowest BCUT2D eigenvalue weighted by atomic mass is 10.4. The predicted octanol–water partition coefficient (Wildman–Crippen LogP) is 12.1. The molecule has 7 heteroatoms. The normalized spacial score (nSPS) is 12.5. The molecule has 0 aliphatic rings. The van der Waals surface area contributed by atoms with E-state index in [1.165, 1.54) is 29.4 Å². The fraction of sp³-hybridized carbons (Fsp3) is 0.176. The number of rotatable bonds is 18. The van der Waals surface area contributed by atoms with E-state index in [9.17, 15) is 0 Å². The summed E-state index contributed by atoms with van der Waals surface area (Å²) in [6.45, 7) is 7.89. The molecule has 0 saturated carbocycles. The Balaban J connectivity index is 1.21. The lowest BCUT2D eigenvalue weighted by Crippen LogP contribution is -2.08. The van der Waals surface area contributed by atoms with Gasteiger partial charge in [0, 0.05) is 62.9 Å². The summed E-state index contributed by atoms with van der Waals surface area (Å²) in [7, 11) is 0. The minimum absolute atomic E-state index is 0.529. The molecule has 2 atom stereocenters. The first-order chi connectivity index (χ1) is 20.2. The second-order valence-corrected chi connectivity index (χ2v) is 16.8. The fourth-order valence-electron chi connectivity index (χ4n) is 3.66. The van der Waals surface area contributed by atoms with E-state index in [0.29, 0.717) is 10.5 Å². The van der Waals surface area contributed by atoms with Crippen molar-refractivity contribution < 1.29 is 0 Å². The first kappa shape index (κ1) is 32.7. The maximum atomic E-state index is 3.95.